The number of hydrogen-bond acceptors (Lipinski definition) is 5. The molecule has 3 aromatic rings. The average Bonchev–Trinajstić information content (AvgIpc) is 3.32. The minimum absolute atomic E-state index is 0.200. The number of rotatable bonds is 6. The summed E-state index contributed by atoms with van der Waals surface area (Å²) in [5, 5.41) is -0.200. The lowest BCUT2D eigenvalue weighted by atomic mass is 10.0. The topological polar surface area (TPSA) is 73.1 Å². The molecule has 5 rings (SSSR count). The van der Waals surface area contributed by atoms with Gasteiger partial charge in [0.05, 0.1) is 25.2 Å². The van der Waals surface area contributed by atoms with Gasteiger partial charge in [-0.3, -0.25) is 0 Å². The minimum atomic E-state index is -3.21. The van der Waals surface area contributed by atoms with E-state index < -0.39 is 10.0 Å². The number of ether oxygens (including phenoxy) is 2. The molecule has 34 heavy (non-hydrogen) atoms. The van der Waals surface area contributed by atoms with E-state index in [2.05, 4.69) is 18.3 Å². The number of fused-ring (bicyclic) bond motifs is 1. The van der Waals surface area contributed by atoms with Crippen molar-refractivity contribution in [3.05, 3.63) is 54.4 Å². The van der Waals surface area contributed by atoms with Crippen LogP contribution in [0.25, 0.3) is 22.5 Å². The van der Waals surface area contributed by atoms with Gasteiger partial charge in [-0.05, 0) is 60.7 Å². The normalized spacial score (nSPS) is 18.1. The standard InChI is InChI=1S/C26H31N3O4S/c1-32-24-10-8-20(16-25(24)33-2)23-18-28-17-21(9-11-26(28)27-23)19-12-14-29(15-13-19)34(30,31)22-6-4-3-5-7-22/h8-12,16-18,22H,3-7,13-15H2,1-2H3. The van der Waals surface area contributed by atoms with Crippen molar-refractivity contribution in [2.75, 3.05) is 27.3 Å². The fourth-order valence-corrected chi connectivity index (χ4v) is 7.01. The maximum Gasteiger partial charge on any atom is 0.217 e. The molecule has 1 aliphatic carbocycles. The number of sulfonamides is 1. The second-order valence-corrected chi connectivity index (χ2v) is 11.2. The Hall–Kier alpha value is -2.84. The summed E-state index contributed by atoms with van der Waals surface area (Å²) in [5.41, 5.74) is 4.92. The molecule has 0 radical (unpaired) electrons. The predicted molar refractivity (Wildman–Crippen MR) is 134 cm³/mol. The van der Waals surface area contributed by atoms with Crippen molar-refractivity contribution in [2.24, 2.45) is 0 Å². The van der Waals surface area contributed by atoms with Crippen LogP contribution in [0.15, 0.2) is 48.8 Å². The van der Waals surface area contributed by atoms with E-state index in [1.165, 1.54) is 5.57 Å². The van der Waals surface area contributed by atoms with Crippen LogP contribution in [0.4, 0.5) is 0 Å². The van der Waals surface area contributed by atoms with Gasteiger partial charge in [0, 0.05) is 31.0 Å². The van der Waals surface area contributed by atoms with Crippen molar-refractivity contribution in [1.82, 2.24) is 13.7 Å². The van der Waals surface area contributed by atoms with Crippen LogP contribution in [0.1, 0.15) is 44.1 Å². The Kier molecular flexibility index (Phi) is 6.36. The van der Waals surface area contributed by atoms with E-state index in [1.807, 2.05) is 34.9 Å². The van der Waals surface area contributed by atoms with Gasteiger partial charge >= 0.3 is 0 Å². The molecule has 1 aromatic carbocycles. The lowest BCUT2D eigenvalue weighted by Crippen LogP contribution is -2.41. The van der Waals surface area contributed by atoms with Crippen LogP contribution >= 0.6 is 0 Å². The molecular formula is C26H31N3O4S. The second kappa shape index (κ2) is 9.43. The number of imidazole rings is 1. The highest BCUT2D eigenvalue weighted by molar-refractivity contribution is 7.89. The lowest BCUT2D eigenvalue weighted by Gasteiger charge is -2.31. The largest absolute Gasteiger partial charge is 0.493 e. The molecule has 0 bridgehead atoms. The first-order valence-corrected chi connectivity index (χ1v) is 13.4. The van der Waals surface area contributed by atoms with Crippen LogP contribution < -0.4 is 9.47 Å². The van der Waals surface area contributed by atoms with Crippen LogP contribution in [0, 0.1) is 0 Å². The molecule has 7 nitrogen and oxygen atoms in total. The fraction of sp³-hybridized carbons (Fsp3) is 0.423. The third-order valence-corrected chi connectivity index (χ3v) is 9.37. The number of aromatic nitrogens is 2. The van der Waals surface area contributed by atoms with Crippen LogP contribution in [0.2, 0.25) is 0 Å². The summed E-state index contributed by atoms with van der Waals surface area (Å²) < 4.78 is 40.6. The van der Waals surface area contributed by atoms with E-state index >= 15 is 0 Å². The van der Waals surface area contributed by atoms with Crippen molar-refractivity contribution in [3.63, 3.8) is 0 Å². The zero-order chi connectivity index (χ0) is 23.7. The van der Waals surface area contributed by atoms with Crippen LogP contribution in [-0.4, -0.2) is 54.7 Å². The highest BCUT2D eigenvalue weighted by Crippen LogP contribution is 2.33. The lowest BCUT2D eigenvalue weighted by molar-refractivity contribution is 0.355. The summed E-state index contributed by atoms with van der Waals surface area (Å²) in [4.78, 5) is 4.76. The molecule has 3 heterocycles. The van der Waals surface area contributed by atoms with Crippen molar-refractivity contribution in [1.29, 1.82) is 0 Å². The Morgan fingerprint density at radius 3 is 2.41 bits per heavy atom. The smallest absolute Gasteiger partial charge is 0.217 e. The molecular weight excluding hydrogens is 450 g/mol. The minimum Gasteiger partial charge on any atom is -0.493 e. The highest BCUT2D eigenvalue weighted by Gasteiger charge is 2.33. The maximum absolute atomic E-state index is 13.0. The second-order valence-electron chi connectivity index (χ2n) is 9.02. The molecule has 0 unspecified atom stereocenters. The van der Waals surface area contributed by atoms with Gasteiger partial charge < -0.3 is 13.9 Å². The van der Waals surface area contributed by atoms with Crippen molar-refractivity contribution in [3.8, 4) is 22.8 Å². The summed E-state index contributed by atoms with van der Waals surface area (Å²) in [6, 6.07) is 9.84. The van der Waals surface area contributed by atoms with Gasteiger partial charge in [-0.1, -0.05) is 25.3 Å². The molecule has 0 saturated heterocycles. The van der Waals surface area contributed by atoms with E-state index in [0.29, 0.717) is 31.0 Å². The molecule has 1 fully saturated rings. The van der Waals surface area contributed by atoms with Gasteiger partial charge in [0.25, 0.3) is 0 Å². The fourth-order valence-electron chi connectivity index (χ4n) is 5.03. The first-order valence-electron chi connectivity index (χ1n) is 11.9. The number of hydrogen-bond donors (Lipinski definition) is 0. The zero-order valence-corrected chi connectivity index (χ0v) is 20.6. The Morgan fingerprint density at radius 1 is 0.941 bits per heavy atom. The van der Waals surface area contributed by atoms with E-state index in [1.54, 1.807) is 18.5 Å². The molecule has 180 valence electrons. The molecule has 2 aliphatic rings. The number of nitrogens with zero attached hydrogens (tertiary/aromatic N) is 3. The quantitative estimate of drug-likeness (QED) is 0.507. The van der Waals surface area contributed by atoms with Gasteiger partial charge in [0.2, 0.25) is 10.0 Å². The molecule has 0 spiro atoms. The summed E-state index contributed by atoms with van der Waals surface area (Å²) in [6.45, 7) is 0.997. The first kappa shape index (κ1) is 22.9. The molecule has 0 N–H and O–H groups in total. The zero-order valence-electron chi connectivity index (χ0n) is 19.7. The van der Waals surface area contributed by atoms with E-state index in [4.69, 9.17) is 14.5 Å². The van der Waals surface area contributed by atoms with Gasteiger partial charge in [0.15, 0.2) is 11.5 Å². The summed E-state index contributed by atoms with van der Waals surface area (Å²) in [6.07, 6.45) is 11.7. The Morgan fingerprint density at radius 2 is 1.71 bits per heavy atom. The predicted octanol–water partition coefficient (Wildman–Crippen LogP) is 4.77. The molecule has 8 heteroatoms. The van der Waals surface area contributed by atoms with Gasteiger partial charge in [-0.25, -0.2) is 13.4 Å². The van der Waals surface area contributed by atoms with Gasteiger partial charge in [0.1, 0.15) is 5.65 Å². The molecule has 0 amide bonds. The molecule has 0 atom stereocenters. The van der Waals surface area contributed by atoms with Crippen LogP contribution in [-0.2, 0) is 10.0 Å². The number of benzene rings is 1. The monoisotopic (exact) mass is 481 g/mol. The third kappa shape index (κ3) is 4.32. The maximum atomic E-state index is 13.0. The van der Waals surface area contributed by atoms with Gasteiger partial charge in [-0.15, -0.1) is 0 Å². The average molecular weight is 482 g/mol. The molecule has 1 aliphatic heterocycles. The summed E-state index contributed by atoms with van der Waals surface area (Å²) in [7, 11) is 0.0324. The summed E-state index contributed by atoms with van der Waals surface area (Å²) in [5.74, 6) is 1.35. The highest BCUT2D eigenvalue weighted by atomic mass is 32.2. The van der Waals surface area contributed by atoms with E-state index in [0.717, 1.165) is 54.6 Å². The Bertz CT molecular complexity index is 1320. The number of methoxy groups -OCH3 is 2. The van der Waals surface area contributed by atoms with E-state index in [9.17, 15) is 8.42 Å². The Labute approximate surface area is 201 Å². The van der Waals surface area contributed by atoms with Gasteiger partial charge in [-0.2, -0.15) is 4.31 Å². The van der Waals surface area contributed by atoms with Crippen molar-refractivity contribution < 1.29 is 17.9 Å². The Balaban J connectivity index is 1.36. The molecule has 1 saturated carbocycles. The first-order chi connectivity index (χ1) is 16.5. The van der Waals surface area contributed by atoms with Crippen LogP contribution in [0.3, 0.4) is 0 Å². The summed E-state index contributed by atoms with van der Waals surface area (Å²) >= 11 is 0. The van der Waals surface area contributed by atoms with Crippen molar-refractivity contribution in [2.45, 2.75) is 43.8 Å². The van der Waals surface area contributed by atoms with Crippen LogP contribution in [0.5, 0.6) is 11.5 Å². The SMILES string of the molecule is COc1ccc(-c2cn3cc(C4=CCN(S(=O)(=O)C5CCCCC5)CC4)ccc3n2)cc1OC. The third-order valence-electron chi connectivity index (χ3n) is 7.01. The number of pyridine rings is 1. The molecule has 2 aromatic heterocycles. The van der Waals surface area contributed by atoms with Crippen molar-refractivity contribution >= 4 is 21.2 Å². The van der Waals surface area contributed by atoms with E-state index in [-0.39, 0.29) is 5.25 Å².